The van der Waals surface area contributed by atoms with Crippen LogP contribution in [0.25, 0.3) is 10.6 Å². The number of aryl methyl sites for hydroxylation is 2. The highest BCUT2D eigenvalue weighted by Crippen LogP contribution is 2.27. The maximum absolute atomic E-state index is 4.48. The van der Waals surface area contributed by atoms with Crippen LogP contribution in [0.4, 0.5) is 0 Å². The SMILES string of the molecule is Cc1cc(-c2sccc2C)nc(CS)n1. The van der Waals surface area contributed by atoms with Crippen LogP contribution >= 0.6 is 24.0 Å². The summed E-state index contributed by atoms with van der Waals surface area (Å²) in [4.78, 5) is 10.0. The minimum Gasteiger partial charge on any atom is -0.237 e. The first-order valence-electron chi connectivity index (χ1n) is 4.70. The van der Waals surface area contributed by atoms with E-state index in [0.29, 0.717) is 5.75 Å². The van der Waals surface area contributed by atoms with Crippen molar-refractivity contribution in [1.82, 2.24) is 9.97 Å². The van der Waals surface area contributed by atoms with Crippen molar-refractivity contribution in [1.29, 1.82) is 0 Å². The van der Waals surface area contributed by atoms with Crippen LogP contribution in [0.2, 0.25) is 0 Å². The van der Waals surface area contributed by atoms with Gasteiger partial charge < -0.3 is 0 Å². The van der Waals surface area contributed by atoms with Crippen LogP contribution in [0, 0.1) is 13.8 Å². The molecule has 0 fully saturated rings. The van der Waals surface area contributed by atoms with Crippen LogP contribution in [0.5, 0.6) is 0 Å². The molecule has 2 aromatic rings. The van der Waals surface area contributed by atoms with Gasteiger partial charge in [-0.15, -0.1) is 11.3 Å². The standard InChI is InChI=1S/C11H12N2S2/c1-7-3-4-15-11(7)9-5-8(2)12-10(6-14)13-9/h3-5,14H,6H2,1-2H3. The molecule has 0 aliphatic heterocycles. The van der Waals surface area contributed by atoms with Gasteiger partial charge in [-0.1, -0.05) is 0 Å². The first-order valence-corrected chi connectivity index (χ1v) is 6.22. The summed E-state index contributed by atoms with van der Waals surface area (Å²) in [5.41, 5.74) is 3.28. The first kappa shape index (κ1) is 10.6. The third kappa shape index (κ3) is 2.21. The number of thiol groups is 1. The Hall–Kier alpha value is -0.870. The number of rotatable bonds is 2. The summed E-state index contributed by atoms with van der Waals surface area (Å²) in [6.45, 7) is 4.09. The molecule has 0 N–H and O–H groups in total. The Morgan fingerprint density at radius 2 is 2.13 bits per heavy atom. The van der Waals surface area contributed by atoms with Gasteiger partial charge >= 0.3 is 0 Å². The zero-order valence-electron chi connectivity index (χ0n) is 8.69. The molecule has 4 heteroatoms. The largest absolute Gasteiger partial charge is 0.237 e. The highest BCUT2D eigenvalue weighted by Gasteiger charge is 2.07. The van der Waals surface area contributed by atoms with Gasteiger partial charge in [0.2, 0.25) is 0 Å². The molecule has 15 heavy (non-hydrogen) atoms. The second kappa shape index (κ2) is 4.33. The van der Waals surface area contributed by atoms with Crippen molar-refractivity contribution in [2.24, 2.45) is 0 Å². The molecule has 0 radical (unpaired) electrons. The van der Waals surface area contributed by atoms with E-state index in [4.69, 9.17) is 0 Å². The van der Waals surface area contributed by atoms with Gasteiger partial charge in [-0.2, -0.15) is 12.6 Å². The van der Waals surface area contributed by atoms with E-state index >= 15 is 0 Å². The van der Waals surface area contributed by atoms with Crippen LogP contribution in [0.1, 0.15) is 17.1 Å². The molecule has 2 rings (SSSR count). The molecule has 0 aliphatic carbocycles. The summed E-state index contributed by atoms with van der Waals surface area (Å²) >= 11 is 5.92. The van der Waals surface area contributed by atoms with Crippen LogP contribution < -0.4 is 0 Å². The fraction of sp³-hybridized carbons (Fsp3) is 0.273. The lowest BCUT2D eigenvalue weighted by Gasteiger charge is -2.03. The molecule has 0 bridgehead atoms. The average Bonchev–Trinajstić information content (AvgIpc) is 2.63. The van der Waals surface area contributed by atoms with E-state index in [1.54, 1.807) is 11.3 Å². The second-order valence-corrected chi connectivity index (χ2v) is 4.63. The normalized spacial score (nSPS) is 10.6. The molecule has 2 heterocycles. The van der Waals surface area contributed by atoms with E-state index in [0.717, 1.165) is 17.2 Å². The van der Waals surface area contributed by atoms with Crippen LogP contribution in [0.15, 0.2) is 17.5 Å². The zero-order valence-corrected chi connectivity index (χ0v) is 10.4. The summed E-state index contributed by atoms with van der Waals surface area (Å²) in [6.07, 6.45) is 0. The molecule has 0 saturated heterocycles. The van der Waals surface area contributed by atoms with Crippen LogP contribution in [0.3, 0.4) is 0 Å². The highest BCUT2D eigenvalue weighted by molar-refractivity contribution is 7.79. The van der Waals surface area contributed by atoms with Gasteiger partial charge in [0.25, 0.3) is 0 Å². The maximum Gasteiger partial charge on any atom is 0.138 e. The molecular weight excluding hydrogens is 224 g/mol. The molecule has 78 valence electrons. The van der Waals surface area contributed by atoms with Gasteiger partial charge in [0.15, 0.2) is 0 Å². The Bertz CT molecular complexity index is 477. The van der Waals surface area contributed by atoms with Crippen molar-refractivity contribution in [2.45, 2.75) is 19.6 Å². The number of hydrogen-bond acceptors (Lipinski definition) is 4. The zero-order chi connectivity index (χ0) is 10.8. The molecule has 2 aromatic heterocycles. The Balaban J connectivity index is 2.53. The lowest BCUT2D eigenvalue weighted by molar-refractivity contribution is 1.00. The second-order valence-electron chi connectivity index (χ2n) is 3.40. The van der Waals surface area contributed by atoms with Crippen molar-refractivity contribution >= 4 is 24.0 Å². The molecule has 0 unspecified atom stereocenters. The summed E-state index contributed by atoms with van der Waals surface area (Å²) in [5, 5.41) is 2.09. The van der Waals surface area contributed by atoms with Crippen molar-refractivity contribution in [3.8, 4) is 10.6 Å². The average molecular weight is 236 g/mol. The van der Waals surface area contributed by atoms with Crippen molar-refractivity contribution in [2.75, 3.05) is 0 Å². The van der Waals surface area contributed by atoms with E-state index in [-0.39, 0.29) is 0 Å². The summed E-state index contributed by atoms with van der Waals surface area (Å²) in [6, 6.07) is 4.13. The predicted molar refractivity (Wildman–Crippen MR) is 67.5 cm³/mol. The number of nitrogens with zero attached hydrogens (tertiary/aromatic N) is 2. The predicted octanol–water partition coefficient (Wildman–Crippen LogP) is 3.25. The first-order chi connectivity index (χ1) is 7.20. The number of hydrogen-bond donors (Lipinski definition) is 1. The van der Waals surface area contributed by atoms with E-state index in [2.05, 4.69) is 41.0 Å². The molecule has 0 amide bonds. The van der Waals surface area contributed by atoms with Crippen molar-refractivity contribution < 1.29 is 0 Å². The Morgan fingerprint density at radius 1 is 1.33 bits per heavy atom. The van der Waals surface area contributed by atoms with E-state index < -0.39 is 0 Å². The molecular formula is C11H12N2S2. The van der Waals surface area contributed by atoms with Gasteiger partial charge in [0, 0.05) is 5.69 Å². The van der Waals surface area contributed by atoms with Gasteiger partial charge in [-0.05, 0) is 36.9 Å². The molecule has 2 nitrogen and oxygen atoms in total. The fourth-order valence-electron chi connectivity index (χ4n) is 1.45. The molecule has 0 atom stereocenters. The highest BCUT2D eigenvalue weighted by atomic mass is 32.1. The van der Waals surface area contributed by atoms with Crippen molar-refractivity contribution in [3.63, 3.8) is 0 Å². The van der Waals surface area contributed by atoms with E-state index in [9.17, 15) is 0 Å². The monoisotopic (exact) mass is 236 g/mol. The minimum absolute atomic E-state index is 0.582. The fourth-order valence-corrected chi connectivity index (χ4v) is 2.48. The minimum atomic E-state index is 0.582. The Morgan fingerprint density at radius 3 is 2.73 bits per heavy atom. The third-order valence-corrected chi connectivity index (χ3v) is 3.46. The number of thiophene rings is 1. The Labute approximate surface area is 98.8 Å². The topological polar surface area (TPSA) is 25.8 Å². The van der Waals surface area contributed by atoms with Gasteiger partial charge in [0.05, 0.1) is 16.3 Å². The van der Waals surface area contributed by atoms with E-state index in [1.807, 2.05) is 13.0 Å². The number of aromatic nitrogens is 2. The summed E-state index contributed by atoms with van der Waals surface area (Å²) in [5.74, 6) is 1.38. The van der Waals surface area contributed by atoms with Gasteiger partial charge in [-0.3, -0.25) is 0 Å². The van der Waals surface area contributed by atoms with Gasteiger partial charge in [0.1, 0.15) is 5.82 Å². The molecule has 0 aliphatic rings. The smallest absolute Gasteiger partial charge is 0.138 e. The van der Waals surface area contributed by atoms with Crippen LogP contribution in [-0.2, 0) is 5.75 Å². The summed E-state index contributed by atoms with van der Waals surface area (Å²) in [7, 11) is 0. The lowest BCUT2D eigenvalue weighted by atomic mass is 10.2. The maximum atomic E-state index is 4.48. The summed E-state index contributed by atoms with van der Waals surface area (Å²) < 4.78 is 0. The lowest BCUT2D eigenvalue weighted by Crippen LogP contribution is -1.96. The molecule has 0 aromatic carbocycles. The quantitative estimate of drug-likeness (QED) is 0.810. The van der Waals surface area contributed by atoms with E-state index in [1.165, 1.54) is 10.4 Å². The van der Waals surface area contributed by atoms with Gasteiger partial charge in [-0.25, -0.2) is 9.97 Å². The molecule has 0 saturated carbocycles. The Kier molecular flexibility index (Phi) is 3.07. The van der Waals surface area contributed by atoms with Crippen molar-refractivity contribution in [3.05, 3.63) is 34.6 Å². The van der Waals surface area contributed by atoms with Crippen LogP contribution in [-0.4, -0.2) is 9.97 Å². The molecule has 0 spiro atoms. The third-order valence-electron chi connectivity index (χ3n) is 2.14.